The quantitative estimate of drug-likeness (QED) is 0.743. The molecule has 0 aliphatic carbocycles. The summed E-state index contributed by atoms with van der Waals surface area (Å²) in [6.07, 6.45) is 0. The fourth-order valence-corrected chi connectivity index (χ4v) is 1.90. The lowest BCUT2D eigenvalue weighted by Gasteiger charge is -2.20. The van der Waals surface area contributed by atoms with Crippen LogP contribution in [0, 0.1) is 5.92 Å². The molecule has 1 aromatic rings. The highest BCUT2D eigenvalue weighted by Gasteiger charge is 2.14. The molecule has 0 bridgehead atoms. The first-order chi connectivity index (χ1) is 8.49. The molecule has 0 aliphatic heterocycles. The Morgan fingerprint density at radius 1 is 1.39 bits per heavy atom. The van der Waals surface area contributed by atoms with Crippen molar-refractivity contribution < 1.29 is 14.9 Å². The number of aliphatic hydroxyl groups excluding tert-OH is 1. The van der Waals surface area contributed by atoms with Crippen LogP contribution >= 0.6 is 11.6 Å². The molecule has 0 saturated carbocycles. The van der Waals surface area contributed by atoms with E-state index in [0.717, 1.165) is 0 Å². The van der Waals surface area contributed by atoms with E-state index in [2.05, 4.69) is 5.32 Å². The third kappa shape index (κ3) is 3.77. The normalized spacial score (nSPS) is 12.8. The molecule has 1 rings (SSSR count). The highest BCUT2D eigenvalue weighted by molar-refractivity contribution is 6.30. The van der Waals surface area contributed by atoms with Gasteiger partial charge < -0.3 is 20.3 Å². The Morgan fingerprint density at radius 2 is 2.06 bits per heavy atom. The summed E-state index contributed by atoms with van der Waals surface area (Å²) in [6, 6.07) is 3.22. The summed E-state index contributed by atoms with van der Waals surface area (Å²) in [5, 5.41) is 22.9. The zero-order valence-electron chi connectivity index (χ0n) is 10.9. The van der Waals surface area contributed by atoms with Gasteiger partial charge in [0.2, 0.25) is 0 Å². The molecule has 0 spiro atoms. The molecule has 0 aromatic heterocycles. The van der Waals surface area contributed by atoms with Crippen LogP contribution < -0.4 is 10.1 Å². The molecule has 0 heterocycles. The van der Waals surface area contributed by atoms with Gasteiger partial charge >= 0.3 is 0 Å². The fourth-order valence-electron chi connectivity index (χ4n) is 1.67. The maximum atomic E-state index is 9.95. The van der Waals surface area contributed by atoms with Gasteiger partial charge in [0.15, 0.2) is 11.5 Å². The number of ether oxygens (including phenoxy) is 1. The minimum Gasteiger partial charge on any atom is -0.504 e. The SMILES string of the molecule is COc1cc(Cl)cc(CN[C@H](CO)C(C)C)c1O. The summed E-state index contributed by atoms with van der Waals surface area (Å²) in [7, 11) is 1.48. The Bertz CT molecular complexity index is 396. The third-order valence-corrected chi connectivity index (χ3v) is 3.11. The first-order valence-corrected chi connectivity index (χ1v) is 6.27. The monoisotopic (exact) mass is 273 g/mol. The Balaban J connectivity index is 2.81. The summed E-state index contributed by atoms with van der Waals surface area (Å²) in [5.74, 6) is 0.734. The van der Waals surface area contributed by atoms with E-state index in [1.165, 1.54) is 7.11 Å². The molecule has 5 heteroatoms. The number of phenols is 1. The first kappa shape index (κ1) is 15.1. The second kappa shape index (κ2) is 6.83. The summed E-state index contributed by atoms with van der Waals surface area (Å²) in [5.41, 5.74) is 0.651. The molecule has 1 aromatic carbocycles. The second-order valence-electron chi connectivity index (χ2n) is 4.53. The standard InChI is InChI=1S/C13H20ClNO3/c1-8(2)11(7-16)15-6-9-4-10(14)5-12(18-3)13(9)17/h4-5,8,11,15-17H,6-7H2,1-3H3/t11-/m1/s1. The molecule has 1 atom stereocenters. The van der Waals surface area contributed by atoms with Gasteiger partial charge in [0.05, 0.1) is 13.7 Å². The topological polar surface area (TPSA) is 61.7 Å². The van der Waals surface area contributed by atoms with Crippen molar-refractivity contribution in [1.29, 1.82) is 0 Å². The van der Waals surface area contributed by atoms with Gasteiger partial charge in [-0.25, -0.2) is 0 Å². The van der Waals surface area contributed by atoms with E-state index in [0.29, 0.717) is 28.8 Å². The van der Waals surface area contributed by atoms with Crippen LogP contribution in [0.25, 0.3) is 0 Å². The molecular formula is C13H20ClNO3. The maximum absolute atomic E-state index is 9.95. The van der Waals surface area contributed by atoms with Crippen LogP contribution in [0.3, 0.4) is 0 Å². The van der Waals surface area contributed by atoms with Crippen LogP contribution in [0.1, 0.15) is 19.4 Å². The summed E-state index contributed by atoms with van der Waals surface area (Å²) in [4.78, 5) is 0. The van der Waals surface area contributed by atoms with Crippen LogP contribution in [0.5, 0.6) is 11.5 Å². The van der Waals surface area contributed by atoms with Crippen LogP contribution in [-0.2, 0) is 6.54 Å². The fraction of sp³-hybridized carbons (Fsp3) is 0.538. The second-order valence-corrected chi connectivity index (χ2v) is 4.97. The van der Waals surface area contributed by atoms with Gasteiger partial charge in [0, 0.05) is 29.2 Å². The van der Waals surface area contributed by atoms with Crippen molar-refractivity contribution >= 4 is 11.6 Å². The van der Waals surface area contributed by atoms with Gasteiger partial charge in [-0.05, 0) is 12.0 Å². The van der Waals surface area contributed by atoms with E-state index in [-0.39, 0.29) is 18.4 Å². The average molecular weight is 274 g/mol. The smallest absolute Gasteiger partial charge is 0.162 e. The largest absolute Gasteiger partial charge is 0.504 e. The third-order valence-electron chi connectivity index (χ3n) is 2.89. The van der Waals surface area contributed by atoms with E-state index in [1.54, 1.807) is 12.1 Å². The van der Waals surface area contributed by atoms with Gasteiger partial charge in [0.1, 0.15) is 0 Å². The van der Waals surface area contributed by atoms with E-state index in [1.807, 2.05) is 13.8 Å². The Hall–Kier alpha value is -0.970. The van der Waals surface area contributed by atoms with Crippen LogP contribution in [0.2, 0.25) is 5.02 Å². The molecule has 0 saturated heterocycles. The van der Waals surface area contributed by atoms with Crippen molar-refractivity contribution in [3.8, 4) is 11.5 Å². The van der Waals surface area contributed by atoms with Crippen molar-refractivity contribution in [1.82, 2.24) is 5.32 Å². The predicted octanol–water partition coefficient (Wildman–Crippen LogP) is 2.16. The molecule has 0 aliphatic rings. The predicted molar refractivity (Wildman–Crippen MR) is 72.2 cm³/mol. The summed E-state index contributed by atoms with van der Waals surface area (Å²) >= 11 is 5.94. The number of aliphatic hydroxyl groups is 1. The van der Waals surface area contributed by atoms with Gasteiger partial charge in [-0.2, -0.15) is 0 Å². The molecule has 0 fully saturated rings. The van der Waals surface area contributed by atoms with Crippen molar-refractivity contribution in [2.45, 2.75) is 26.4 Å². The number of methoxy groups -OCH3 is 1. The number of halogens is 1. The molecule has 3 N–H and O–H groups in total. The first-order valence-electron chi connectivity index (χ1n) is 5.89. The summed E-state index contributed by atoms with van der Waals surface area (Å²) in [6.45, 7) is 4.51. The molecule has 18 heavy (non-hydrogen) atoms. The van der Waals surface area contributed by atoms with Crippen LogP contribution in [0.15, 0.2) is 12.1 Å². The Kier molecular flexibility index (Phi) is 5.72. The zero-order valence-corrected chi connectivity index (χ0v) is 11.7. The molecule has 0 radical (unpaired) electrons. The van der Waals surface area contributed by atoms with E-state index in [9.17, 15) is 10.2 Å². The van der Waals surface area contributed by atoms with E-state index < -0.39 is 0 Å². The number of nitrogens with one attached hydrogen (secondary N) is 1. The van der Waals surface area contributed by atoms with Crippen molar-refractivity contribution in [2.24, 2.45) is 5.92 Å². The number of rotatable bonds is 6. The summed E-state index contributed by atoms with van der Waals surface area (Å²) < 4.78 is 5.04. The average Bonchev–Trinajstić information content (AvgIpc) is 2.33. The van der Waals surface area contributed by atoms with Crippen LogP contribution in [-0.4, -0.2) is 30.0 Å². The number of hydrogen-bond acceptors (Lipinski definition) is 4. The minimum absolute atomic E-state index is 0.0191. The van der Waals surface area contributed by atoms with Gasteiger partial charge in [-0.1, -0.05) is 25.4 Å². The number of benzene rings is 1. The highest BCUT2D eigenvalue weighted by Crippen LogP contribution is 2.33. The molecule has 102 valence electrons. The lowest BCUT2D eigenvalue weighted by molar-refractivity contribution is 0.209. The Morgan fingerprint density at radius 3 is 2.56 bits per heavy atom. The van der Waals surface area contributed by atoms with E-state index >= 15 is 0 Å². The molecular weight excluding hydrogens is 254 g/mol. The minimum atomic E-state index is -0.0191. The van der Waals surface area contributed by atoms with Gasteiger partial charge in [0.25, 0.3) is 0 Å². The lowest BCUT2D eigenvalue weighted by Crippen LogP contribution is -2.36. The molecule has 4 nitrogen and oxygen atoms in total. The maximum Gasteiger partial charge on any atom is 0.162 e. The molecule has 0 unspecified atom stereocenters. The van der Waals surface area contributed by atoms with Crippen molar-refractivity contribution in [2.75, 3.05) is 13.7 Å². The Labute approximate surface area is 113 Å². The van der Waals surface area contributed by atoms with Crippen LogP contribution in [0.4, 0.5) is 0 Å². The number of aromatic hydroxyl groups is 1. The van der Waals surface area contributed by atoms with Gasteiger partial charge in [-0.15, -0.1) is 0 Å². The van der Waals surface area contributed by atoms with Crippen molar-refractivity contribution in [3.05, 3.63) is 22.7 Å². The van der Waals surface area contributed by atoms with Gasteiger partial charge in [-0.3, -0.25) is 0 Å². The highest BCUT2D eigenvalue weighted by atomic mass is 35.5. The molecule has 0 amide bonds. The van der Waals surface area contributed by atoms with Crippen molar-refractivity contribution in [3.63, 3.8) is 0 Å². The number of phenolic OH excluding ortho intramolecular Hbond substituents is 1. The van der Waals surface area contributed by atoms with E-state index in [4.69, 9.17) is 16.3 Å². The lowest BCUT2D eigenvalue weighted by atomic mass is 10.0. The zero-order chi connectivity index (χ0) is 13.7. The number of hydrogen-bond donors (Lipinski definition) is 3.